The number of imide groups is 2. The number of nitrogens with one attached hydrogen (secondary N) is 2. The second-order valence-corrected chi connectivity index (χ2v) is 9.93. The summed E-state index contributed by atoms with van der Waals surface area (Å²) in [6.07, 6.45) is 1.40. The Morgan fingerprint density at radius 3 is 2.39 bits per heavy atom. The SMILES string of the molecule is Cc1ccc(NC(=O)COc2ccc(/C=C3/C(=O)NC(=O)N(c4ccc(C)c(C)c4)C3=O)cc2Br)c(C)c1. The summed E-state index contributed by atoms with van der Waals surface area (Å²) in [5.74, 6) is -1.40. The molecule has 38 heavy (non-hydrogen) atoms. The molecular formula is C29H26BrN3O5. The largest absolute Gasteiger partial charge is 0.483 e. The fraction of sp³-hybridized carbons (Fsp3) is 0.172. The van der Waals surface area contributed by atoms with Crippen molar-refractivity contribution in [3.8, 4) is 5.75 Å². The first kappa shape index (κ1) is 26.8. The minimum Gasteiger partial charge on any atom is -0.483 e. The van der Waals surface area contributed by atoms with E-state index in [1.54, 1.807) is 30.3 Å². The Bertz CT molecular complexity index is 1510. The maximum Gasteiger partial charge on any atom is 0.335 e. The van der Waals surface area contributed by atoms with Gasteiger partial charge < -0.3 is 10.1 Å². The summed E-state index contributed by atoms with van der Waals surface area (Å²) >= 11 is 3.42. The van der Waals surface area contributed by atoms with Gasteiger partial charge in [0.1, 0.15) is 11.3 Å². The maximum atomic E-state index is 13.2. The molecule has 1 fully saturated rings. The van der Waals surface area contributed by atoms with Gasteiger partial charge in [-0.15, -0.1) is 0 Å². The predicted octanol–water partition coefficient (Wildman–Crippen LogP) is 5.37. The van der Waals surface area contributed by atoms with Gasteiger partial charge in [-0.3, -0.25) is 19.7 Å². The van der Waals surface area contributed by atoms with Crippen LogP contribution < -0.4 is 20.3 Å². The van der Waals surface area contributed by atoms with E-state index in [1.165, 1.54) is 6.08 Å². The molecule has 3 aromatic carbocycles. The van der Waals surface area contributed by atoms with Gasteiger partial charge in [-0.25, -0.2) is 9.69 Å². The van der Waals surface area contributed by atoms with Gasteiger partial charge in [-0.05, 0) is 102 Å². The minimum absolute atomic E-state index is 0.184. The Hall–Kier alpha value is -4.24. The molecule has 5 amide bonds. The summed E-state index contributed by atoms with van der Waals surface area (Å²) in [5.41, 5.74) is 5.41. The average Bonchev–Trinajstić information content (AvgIpc) is 2.85. The van der Waals surface area contributed by atoms with Crippen LogP contribution in [0.3, 0.4) is 0 Å². The lowest BCUT2D eigenvalue weighted by atomic mass is 10.1. The molecule has 1 heterocycles. The van der Waals surface area contributed by atoms with E-state index in [1.807, 2.05) is 52.0 Å². The van der Waals surface area contributed by atoms with Crippen molar-refractivity contribution < 1.29 is 23.9 Å². The van der Waals surface area contributed by atoms with Crippen molar-refractivity contribution in [3.05, 3.63) is 92.5 Å². The molecule has 1 saturated heterocycles. The molecule has 0 saturated carbocycles. The Labute approximate surface area is 228 Å². The Kier molecular flexibility index (Phi) is 7.78. The lowest BCUT2D eigenvalue weighted by molar-refractivity contribution is -0.122. The smallest absolute Gasteiger partial charge is 0.335 e. The molecule has 0 spiro atoms. The van der Waals surface area contributed by atoms with Crippen LogP contribution in [0, 0.1) is 27.7 Å². The van der Waals surface area contributed by atoms with E-state index in [0.717, 1.165) is 27.2 Å². The molecule has 1 aliphatic heterocycles. The normalized spacial score (nSPS) is 14.5. The van der Waals surface area contributed by atoms with E-state index >= 15 is 0 Å². The first-order valence-corrected chi connectivity index (χ1v) is 12.6. The molecular weight excluding hydrogens is 550 g/mol. The fourth-order valence-corrected chi connectivity index (χ4v) is 4.44. The van der Waals surface area contributed by atoms with Gasteiger partial charge in [0, 0.05) is 5.69 Å². The number of anilines is 2. The molecule has 2 N–H and O–H groups in total. The van der Waals surface area contributed by atoms with Crippen LogP contribution in [0.2, 0.25) is 0 Å². The lowest BCUT2D eigenvalue weighted by Gasteiger charge is -2.26. The van der Waals surface area contributed by atoms with Crippen molar-refractivity contribution in [2.24, 2.45) is 0 Å². The van der Waals surface area contributed by atoms with Gasteiger partial charge in [-0.1, -0.05) is 29.8 Å². The molecule has 0 bridgehead atoms. The number of ether oxygens (including phenoxy) is 1. The highest BCUT2D eigenvalue weighted by atomic mass is 79.9. The zero-order valence-corrected chi connectivity index (χ0v) is 22.9. The Morgan fingerprint density at radius 1 is 0.947 bits per heavy atom. The second kappa shape index (κ2) is 11.0. The first-order chi connectivity index (χ1) is 18.0. The zero-order chi connectivity index (χ0) is 27.6. The van der Waals surface area contributed by atoms with Crippen LogP contribution in [-0.4, -0.2) is 30.4 Å². The second-order valence-electron chi connectivity index (χ2n) is 9.07. The van der Waals surface area contributed by atoms with Crippen molar-refractivity contribution in [1.82, 2.24) is 5.32 Å². The standard InChI is InChI=1S/C29H26BrN3O5/c1-16-5-9-24(19(4)11-16)31-26(34)15-38-25-10-7-20(14-23(25)30)13-22-27(35)32-29(37)33(28(22)36)21-8-6-17(2)18(3)12-21/h5-14H,15H2,1-4H3,(H,31,34)(H,32,35,37)/b22-13-. The molecule has 0 atom stereocenters. The summed E-state index contributed by atoms with van der Waals surface area (Å²) in [6.45, 7) is 7.49. The van der Waals surface area contributed by atoms with Crippen LogP contribution in [0.15, 0.2) is 64.6 Å². The van der Waals surface area contributed by atoms with Crippen molar-refractivity contribution in [2.75, 3.05) is 16.8 Å². The zero-order valence-electron chi connectivity index (χ0n) is 21.3. The van der Waals surface area contributed by atoms with E-state index in [9.17, 15) is 19.2 Å². The molecule has 3 aromatic rings. The van der Waals surface area contributed by atoms with Crippen LogP contribution in [0.5, 0.6) is 5.75 Å². The highest BCUT2D eigenvalue weighted by molar-refractivity contribution is 9.10. The topological polar surface area (TPSA) is 105 Å². The first-order valence-electron chi connectivity index (χ1n) is 11.8. The number of carbonyl (C=O) groups is 4. The van der Waals surface area contributed by atoms with Gasteiger partial charge in [-0.2, -0.15) is 0 Å². The third kappa shape index (κ3) is 5.84. The molecule has 9 heteroatoms. The van der Waals surface area contributed by atoms with Crippen LogP contribution in [0.25, 0.3) is 6.08 Å². The van der Waals surface area contributed by atoms with E-state index < -0.39 is 17.8 Å². The number of amides is 5. The number of nitrogens with zero attached hydrogens (tertiary/aromatic N) is 1. The molecule has 0 aromatic heterocycles. The molecule has 1 aliphatic rings. The van der Waals surface area contributed by atoms with Gasteiger partial charge in [0.25, 0.3) is 17.7 Å². The summed E-state index contributed by atoms with van der Waals surface area (Å²) in [6, 6.07) is 15.1. The van der Waals surface area contributed by atoms with Gasteiger partial charge in [0.15, 0.2) is 6.61 Å². The van der Waals surface area contributed by atoms with Crippen molar-refractivity contribution in [2.45, 2.75) is 27.7 Å². The lowest BCUT2D eigenvalue weighted by Crippen LogP contribution is -2.54. The highest BCUT2D eigenvalue weighted by Gasteiger charge is 2.36. The number of halogens is 1. The van der Waals surface area contributed by atoms with E-state index in [-0.39, 0.29) is 18.1 Å². The van der Waals surface area contributed by atoms with Crippen LogP contribution in [0.4, 0.5) is 16.2 Å². The summed E-state index contributed by atoms with van der Waals surface area (Å²) < 4.78 is 6.18. The van der Waals surface area contributed by atoms with Crippen LogP contribution in [-0.2, 0) is 14.4 Å². The van der Waals surface area contributed by atoms with E-state index in [0.29, 0.717) is 27.2 Å². The summed E-state index contributed by atoms with van der Waals surface area (Å²) in [5, 5.41) is 5.05. The Balaban J connectivity index is 1.48. The average molecular weight is 576 g/mol. The number of carbonyl (C=O) groups excluding carboxylic acids is 4. The number of hydrogen-bond donors (Lipinski definition) is 2. The number of hydrogen-bond acceptors (Lipinski definition) is 5. The monoisotopic (exact) mass is 575 g/mol. The van der Waals surface area contributed by atoms with Crippen LogP contribution >= 0.6 is 15.9 Å². The predicted molar refractivity (Wildman–Crippen MR) is 149 cm³/mol. The third-order valence-corrected chi connectivity index (χ3v) is 6.75. The number of aryl methyl sites for hydroxylation is 4. The Morgan fingerprint density at radius 2 is 1.71 bits per heavy atom. The van der Waals surface area contributed by atoms with Crippen LogP contribution in [0.1, 0.15) is 27.8 Å². The van der Waals surface area contributed by atoms with E-state index in [2.05, 4.69) is 26.6 Å². The van der Waals surface area contributed by atoms with Gasteiger partial charge in [0.2, 0.25) is 0 Å². The summed E-state index contributed by atoms with van der Waals surface area (Å²) in [7, 11) is 0. The molecule has 8 nitrogen and oxygen atoms in total. The van der Waals surface area contributed by atoms with Crippen molar-refractivity contribution in [1.29, 1.82) is 0 Å². The molecule has 0 radical (unpaired) electrons. The van der Waals surface area contributed by atoms with E-state index in [4.69, 9.17) is 4.74 Å². The fourth-order valence-electron chi connectivity index (χ4n) is 3.93. The third-order valence-electron chi connectivity index (χ3n) is 6.13. The van der Waals surface area contributed by atoms with Crippen molar-refractivity contribution >= 4 is 57.1 Å². The maximum absolute atomic E-state index is 13.2. The molecule has 194 valence electrons. The molecule has 0 aliphatic carbocycles. The molecule has 0 unspecified atom stereocenters. The number of barbiturate groups is 1. The minimum atomic E-state index is -0.801. The van der Waals surface area contributed by atoms with Gasteiger partial charge >= 0.3 is 6.03 Å². The number of urea groups is 1. The highest BCUT2D eigenvalue weighted by Crippen LogP contribution is 2.29. The van der Waals surface area contributed by atoms with Crippen molar-refractivity contribution in [3.63, 3.8) is 0 Å². The quantitative estimate of drug-likeness (QED) is 0.304. The molecule has 4 rings (SSSR count). The number of benzene rings is 3. The van der Waals surface area contributed by atoms with Gasteiger partial charge in [0.05, 0.1) is 10.2 Å². The summed E-state index contributed by atoms with van der Waals surface area (Å²) in [4.78, 5) is 51.5. The number of rotatable bonds is 6.